The van der Waals surface area contributed by atoms with E-state index in [1.54, 1.807) is 7.05 Å². The Morgan fingerprint density at radius 1 is 1.00 bits per heavy atom. The Morgan fingerprint density at radius 2 is 1.64 bits per heavy atom. The van der Waals surface area contributed by atoms with Crippen LogP contribution in [0.5, 0.6) is 0 Å². The van der Waals surface area contributed by atoms with Crippen LogP contribution in [0.1, 0.15) is 41.7 Å². The summed E-state index contributed by atoms with van der Waals surface area (Å²) >= 11 is 1.85. The molecule has 1 aromatic heterocycles. The maximum absolute atomic E-state index is 5.62. The van der Waals surface area contributed by atoms with Gasteiger partial charge in [-0.3, -0.25) is 4.99 Å². The van der Waals surface area contributed by atoms with Gasteiger partial charge in [-0.25, -0.2) is 0 Å². The molecule has 25 heavy (non-hydrogen) atoms. The summed E-state index contributed by atoms with van der Waals surface area (Å²) in [4.78, 5) is 7.04. The first kappa shape index (κ1) is 19.5. The van der Waals surface area contributed by atoms with E-state index in [2.05, 4.69) is 72.8 Å². The van der Waals surface area contributed by atoms with Crippen LogP contribution in [0, 0.1) is 0 Å². The number of thiophene rings is 1. The van der Waals surface area contributed by atoms with E-state index in [1.165, 1.54) is 20.9 Å². The maximum Gasteiger partial charge on any atom is 0.191 e. The number of benzene rings is 1. The summed E-state index contributed by atoms with van der Waals surface area (Å²) in [5.41, 5.74) is 2.42. The first-order valence-electron chi connectivity index (χ1n) is 8.82. The second-order valence-corrected chi connectivity index (χ2v) is 7.43. The number of aliphatic imine (C=N–C) groups is 1. The molecular formula is C20H29N3OS. The summed E-state index contributed by atoms with van der Waals surface area (Å²) < 4.78 is 5.62. The van der Waals surface area contributed by atoms with Gasteiger partial charge in [0.05, 0.1) is 19.3 Å². The van der Waals surface area contributed by atoms with Crippen LogP contribution in [0.15, 0.2) is 41.4 Å². The molecular weight excluding hydrogens is 330 g/mol. The Morgan fingerprint density at radius 3 is 2.24 bits per heavy atom. The third kappa shape index (κ3) is 6.88. The fourth-order valence-electron chi connectivity index (χ4n) is 2.30. The standard InChI is InChI=1S/C20H29N3OS/c1-5-18-10-11-19(25-18)13-23-20(21-4)22-12-16-6-8-17(9-7-16)14-24-15(2)3/h6-11,15H,5,12-14H2,1-4H3,(H2,21,22,23). The van der Waals surface area contributed by atoms with E-state index in [-0.39, 0.29) is 6.10 Å². The fourth-order valence-corrected chi connectivity index (χ4v) is 3.20. The first-order valence-corrected chi connectivity index (χ1v) is 9.64. The second-order valence-electron chi connectivity index (χ2n) is 6.18. The first-order chi connectivity index (χ1) is 12.1. The van der Waals surface area contributed by atoms with Gasteiger partial charge >= 0.3 is 0 Å². The quantitative estimate of drug-likeness (QED) is 0.551. The molecule has 0 aliphatic carbocycles. The Hall–Kier alpha value is -1.85. The van der Waals surface area contributed by atoms with Gasteiger partial charge in [0, 0.05) is 23.3 Å². The molecule has 0 saturated heterocycles. The van der Waals surface area contributed by atoms with Gasteiger partial charge in [0.2, 0.25) is 0 Å². The number of ether oxygens (including phenoxy) is 1. The lowest BCUT2D eigenvalue weighted by Crippen LogP contribution is -2.36. The Kier molecular flexibility index (Phi) is 7.95. The minimum absolute atomic E-state index is 0.257. The fraction of sp³-hybridized carbons (Fsp3) is 0.450. The van der Waals surface area contributed by atoms with E-state index in [0.29, 0.717) is 6.61 Å². The van der Waals surface area contributed by atoms with Crippen LogP contribution in [-0.4, -0.2) is 19.1 Å². The number of nitrogens with one attached hydrogen (secondary N) is 2. The van der Waals surface area contributed by atoms with Crippen molar-refractivity contribution in [1.29, 1.82) is 0 Å². The Balaban J connectivity index is 1.78. The van der Waals surface area contributed by atoms with Crippen molar-refractivity contribution in [2.75, 3.05) is 7.05 Å². The highest BCUT2D eigenvalue weighted by atomic mass is 32.1. The summed E-state index contributed by atoms with van der Waals surface area (Å²) in [6.07, 6.45) is 1.35. The lowest BCUT2D eigenvalue weighted by molar-refractivity contribution is 0.0657. The van der Waals surface area contributed by atoms with Crippen molar-refractivity contribution < 1.29 is 4.74 Å². The van der Waals surface area contributed by atoms with Gasteiger partial charge in [0.15, 0.2) is 5.96 Å². The monoisotopic (exact) mass is 359 g/mol. The van der Waals surface area contributed by atoms with Crippen molar-refractivity contribution in [2.45, 2.75) is 53.0 Å². The average molecular weight is 360 g/mol. The molecule has 2 aromatic rings. The number of hydrogen-bond donors (Lipinski definition) is 2. The average Bonchev–Trinajstić information content (AvgIpc) is 3.09. The van der Waals surface area contributed by atoms with Crippen molar-refractivity contribution in [3.8, 4) is 0 Å². The number of rotatable bonds is 8. The number of nitrogens with zero attached hydrogens (tertiary/aromatic N) is 1. The molecule has 0 saturated carbocycles. The molecule has 0 fully saturated rings. The van der Waals surface area contributed by atoms with Crippen molar-refractivity contribution in [3.05, 3.63) is 57.3 Å². The van der Waals surface area contributed by atoms with Gasteiger partial charge in [-0.1, -0.05) is 31.2 Å². The minimum Gasteiger partial charge on any atom is -0.374 e. The zero-order valence-electron chi connectivity index (χ0n) is 15.6. The normalized spacial score (nSPS) is 11.8. The lowest BCUT2D eigenvalue weighted by Gasteiger charge is -2.12. The smallest absolute Gasteiger partial charge is 0.191 e. The topological polar surface area (TPSA) is 45.7 Å². The summed E-state index contributed by atoms with van der Waals surface area (Å²) in [7, 11) is 1.80. The minimum atomic E-state index is 0.257. The summed E-state index contributed by atoms with van der Waals surface area (Å²) in [6.45, 7) is 8.50. The predicted molar refractivity (Wildman–Crippen MR) is 107 cm³/mol. The molecule has 0 bridgehead atoms. The van der Waals surface area contributed by atoms with Crippen LogP contribution >= 0.6 is 11.3 Å². The van der Waals surface area contributed by atoms with E-state index in [9.17, 15) is 0 Å². The van der Waals surface area contributed by atoms with Crippen molar-refractivity contribution in [3.63, 3.8) is 0 Å². The Labute approximate surface area is 155 Å². The molecule has 0 spiro atoms. The van der Waals surface area contributed by atoms with E-state index >= 15 is 0 Å². The third-order valence-corrected chi connectivity index (χ3v) is 5.02. The molecule has 2 N–H and O–H groups in total. The molecule has 0 unspecified atom stereocenters. The van der Waals surface area contributed by atoms with Crippen molar-refractivity contribution >= 4 is 17.3 Å². The van der Waals surface area contributed by atoms with Crippen LogP contribution in [0.4, 0.5) is 0 Å². The van der Waals surface area contributed by atoms with Crippen molar-refractivity contribution in [1.82, 2.24) is 10.6 Å². The molecule has 0 atom stereocenters. The van der Waals surface area contributed by atoms with Gasteiger partial charge < -0.3 is 15.4 Å². The Bertz CT molecular complexity index is 662. The van der Waals surface area contributed by atoms with E-state index in [1.807, 2.05) is 11.3 Å². The summed E-state index contributed by atoms with van der Waals surface area (Å²) in [6, 6.07) is 12.9. The molecule has 5 heteroatoms. The van der Waals surface area contributed by atoms with E-state index < -0.39 is 0 Å². The molecule has 136 valence electrons. The van der Waals surface area contributed by atoms with E-state index in [4.69, 9.17) is 4.74 Å². The second kappa shape index (κ2) is 10.2. The molecule has 0 amide bonds. The van der Waals surface area contributed by atoms with Crippen molar-refractivity contribution in [2.24, 2.45) is 4.99 Å². The molecule has 0 aliphatic rings. The van der Waals surface area contributed by atoms with Gasteiger partial charge in [-0.05, 0) is 43.5 Å². The number of aryl methyl sites for hydroxylation is 1. The van der Waals surface area contributed by atoms with Crippen LogP contribution < -0.4 is 10.6 Å². The van der Waals surface area contributed by atoms with Gasteiger partial charge in [0.1, 0.15) is 0 Å². The number of guanidine groups is 1. The maximum atomic E-state index is 5.62. The molecule has 2 rings (SSSR count). The number of hydrogen-bond acceptors (Lipinski definition) is 3. The largest absolute Gasteiger partial charge is 0.374 e. The third-order valence-electron chi connectivity index (χ3n) is 3.79. The van der Waals surface area contributed by atoms with Crippen LogP contribution in [-0.2, 0) is 30.9 Å². The van der Waals surface area contributed by atoms with Gasteiger partial charge in [-0.2, -0.15) is 0 Å². The summed E-state index contributed by atoms with van der Waals surface area (Å²) in [5.74, 6) is 0.818. The predicted octanol–water partition coefficient (Wildman–Crippen LogP) is 4.10. The zero-order valence-corrected chi connectivity index (χ0v) is 16.5. The molecule has 1 heterocycles. The highest BCUT2D eigenvalue weighted by molar-refractivity contribution is 7.11. The van der Waals surface area contributed by atoms with Crippen LogP contribution in [0.25, 0.3) is 0 Å². The van der Waals surface area contributed by atoms with Gasteiger partial charge in [0.25, 0.3) is 0 Å². The highest BCUT2D eigenvalue weighted by Crippen LogP contribution is 2.16. The summed E-state index contributed by atoms with van der Waals surface area (Å²) in [5, 5.41) is 6.73. The molecule has 1 aromatic carbocycles. The molecule has 0 aliphatic heterocycles. The lowest BCUT2D eigenvalue weighted by atomic mass is 10.1. The molecule has 0 radical (unpaired) electrons. The zero-order chi connectivity index (χ0) is 18.1. The molecule has 4 nitrogen and oxygen atoms in total. The van der Waals surface area contributed by atoms with Gasteiger partial charge in [-0.15, -0.1) is 11.3 Å². The van der Waals surface area contributed by atoms with Crippen LogP contribution in [0.2, 0.25) is 0 Å². The van der Waals surface area contributed by atoms with Crippen LogP contribution in [0.3, 0.4) is 0 Å². The SMILES string of the molecule is CCc1ccc(CNC(=NC)NCc2ccc(COC(C)C)cc2)s1. The van der Waals surface area contributed by atoms with E-state index in [0.717, 1.165) is 25.5 Å². The highest BCUT2D eigenvalue weighted by Gasteiger charge is 2.02.